The Morgan fingerprint density at radius 2 is 1.70 bits per heavy atom. The summed E-state index contributed by atoms with van der Waals surface area (Å²) in [7, 11) is 0. The molecule has 1 amide bonds. The van der Waals surface area contributed by atoms with E-state index in [4.69, 9.17) is 0 Å². The molecule has 2 unspecified atom stereocenters. The van der Waals surface area contributed by atoms with Crippen LogP contribution in [0.4, 0.5) is 0 Å². The molecule has 1 aliphatic heterocycles. The summed E-state index contributed by atoms with van der Waals surface area (Å²) in [5.41, 5.74) is 0. The maximum atomic E-state index is 12.4. The van der Waals surface area contributed by atoms with E-state index in [9.17, 15) is 4.79 Å². The number of nitrogens with one attached hydrogen (secondary N) is 1. The molecule has 1 aliphatic rings. The van der Waals surface area contributed by atoms with Gasteiger partial charge in [-0.2, -0.15) is 0 Å². The third-order valence-electron chi connectivity index (χ3n) is 4.12. The SMILES string of the molecule is CC(C)CC1NC(C)N(CCN(C(C)C)C(C)C)C1=O. The number of carbonyl (C=O) groups is 1. The van der Waals surface area contributed by atoms with E-state index in [2.05, 4.69) is 58.7 Å². The van der Waals surface area contributed by atoms with Crippen molar-refractivity contribution in [2.75, 3.05) is 13.1 Å². The first-order valence-corrected chi connectivity index (χ1v) is 8.06. The van der Waals surface area contributed by atoms with Crippen LogP contribution in [0.15, 0.2) is 0 Å². The van der Waals surface area contributed by atoms with Crippen LogP contribution in [0.5, 0.6) is 0 Å². The van der Waals surface area contributed by atoms with Crippen molar-refractivity contribution in [1.82, 2.24) is 15.1 Å². The van der Waals surface area contributed by atoms with Crippen LogP contribution in [0.3, 0.4) is 0 Å². The van der Waals surface area contributed by atoms with E-state index in [1.807, 2.05) is 4.90 Å². The minimum absolute atomic E-state index is 0.0107. The van der Waals surface area contributed by atoms with Crippen molar-refractivity contribution in [2.45, 2.75) is 79.2 Å². The fraction of sp³-hybridized carbons (Fsp3) is 0.938. The molecule has 0 saturated carbocycles. The number of carbonyl (C=O) groups excluding carboxylic acids is 1. The molecule has 0 radical (unpaired) electrons. The van der Waals surface area contributed by atoms with Crippen molar-refractivity contribution in [3.05, 3.63) is 0 Å². The van der Waals surface area contributed by atoms with Crippen LogP contribution >= 0.6 is 0 Å². The number of amides is 1. The van der Waals surface area contributed by atoms with Gasteiger partial charge in [0.1, 0.15) is 0 Å². The molecular formula is C16H33N3O. The predicted molar refractivity (Wildman–Crippen MR) is 84.5 cm³/mol. The Bertz CT molecular complexity index is 307. The number of rotatable bonds is 7. The summed E-state index contributed by atoms with van der Waals surface area (Å²) in [6, 6.07) is 1.04. The summed E-state index contributed by atoms with van der Waals surface area (Å²) >= 11 is 0. The van der Waals surface area contributed by atoms with Crippen molar-refractivity contribution in [2.24, 2.45) is 5.92 Å². The molecule has 118 valence electrons. The van der Waals surface area contributed by atoms with Crippen molar-refractivity contribution in [3.8, 4) is 0 Å². The molecule has 4 nitrogen and oxygen atoms in total. The lowest BCUT2D eigenvalue weighted by atomic mass is 10.0. The van der Waals surface area contributed by atoms with Gasteiger partial charge in [0.25, 0.3) is 0 Å². The molecule has 0 aromatic rings. The Balaban J connectivity index is 2.57. The average Bonchev–Trinajstić information content (AvgIpc) is 2.54. The summed E-state index contributed by atoms with van der Waals surface area (Å²) < 4.78 is 0. The standard InChI is InChI=1S/C16H33N3O/c1-11(2)10-15-16(20)19(14(7)17-15)9-8-18(12(3)4)13(5)6/h11-15,17H,8-10H2,1-7H3. The third-order valence-corrected chi connectivity index (χ3v) is 4.12. The van der Waals surface area contributed by atoms with E-state index in [1.54, 1.807) is 0 Å². The number of hydrogen-bond donors (Lipinski definition) is 1. The molecule has 0 aliphatic carbocycles. The van der Waals surface area contributed by atoms with E-state index < -0.39 is 0 Å². The maximum absolute atomic E-state index is 12.4. The quantitative estimate of drug-likeness (QED) is 0.779. The molecule has 20 heavy (non-hydrogen) atoms. The molecule has 1 saturated heterocycles. The van der Waals surface area contributed by atoms with Crippen LogP contribution in [-0.2, 0) is 4.79 Å². The lowest BCUT2D eigenvalue weighted by Crippen LogP contribution is -2.45. The van der Waals surface area contributed by atoms with Gasteiger partial charge in [-0.3, -0.25) is 15.0 Å². The molecule has 0 spiro atoms. The molecule has 0 bridgehead atoms. The summed E-state index contributed by atoms with van der Waals surface area (Å²) in [4.78, 5) is 16.9. The topological polar surface area (TPSA) is 35.6 Å². The van der Waals surface area contributed by atoms with E-state index >= 15 is 0 Å². The molecule has 4 heteroatoms. The number of hydrogen-bond acceptors (Lipinski definition) is 3. The van der Waals surface area contributed by atoms with Gasteiger partial charge in [0.15, 0.2) is 0 Å². The van der Waals surface area contributed by atoms with Crippen molar-refractivity contribution in [1.29, 1.82) is 0 Å². The summed E-state index contributed by atoms with van der Waals surface area (Å²) in [6.07, 6.45) is 1.09. The maximum Gasteiger partial charge on any atom is 0.241 e. The highest BCUT2D eigenvalue weighted by Gasteiger charge is 2.36. The van der Waals surface area contributed by atoms with E-state index in [-0.39, 0.29) is 18.1 Å². The van der Waals surface area contributed by atoms with Crippen LogP contribution < -0.4 is 5.32 Å². The second-order valence-corrected chi connectivity index (χ2v) is 6.98. The summed E-state index contributed by atoms with van der Waals surface area (Å²) in [6.45, 7) is 17.1. The summed E-state index contributed by atoms with van der Waals surface area (Å²) in [5.74, 6) is 0.824. The molecule has 0 aromatic carbocycles. The highest BCUT2D eigenvalue weighted by Crippen LogP contribution is 2.17. The van der Waals surface area contributed by atoms with Crippen LogP contribution in [0.1, 0.15) is 54.9 Å². The average molecular weight is 283 g/mol. The zero-order valence-electron chi connectivity index (χ0n) is 14.3. The largest absolute Gasteiger partial charge is 0.325 e. The molecule has 1 rings (SSSR count). The van der Waals surface area contributed by atoms with E-state index in [0.29, 0.717) is 18.0 Å². The first-order chi connectivity index (χ1) is 9.23. The van der Waals surface area contributed by atoms with Crippen molar-refractivity contribution in [3.63, 3.8) is 0 Å². The minimum Gasteiger partial charge on any atom is -0.325 e. The van der Waals surface area contributed by atoms with Crippen molar-refractivity contribution < 1.29 is 4.79 Å². The fourth-order valence-corrected chi connectivity index (χ4v) is 3.12. The van der Waals surface area contributed by atoms with Crippen LogP contribution in [0.2, 0.25) is 0 Å². The Morgan fingerprint density at radius 3 is 2.15 bits per heavy atom. The Morgan fingerprint density at radius 1 is 1.15 bits per heavy atom. The van der Waals surface area contributed by atoms with Gasteiger partial charge in [0, 0.05) is 25.2 Å². The van der Waals surface area contributed by atoms with E-state index in [1.165, 1.54) is 0 Å². The second kappa shape index (κ2) is 7.41. The highest BCUT2D eigenvalue weighted by atomic mass is 16.2. The summed E-state index contributed by atoms with van der Waals surface area (Å²) in [5, 5.41) is 3.43. The molecule has 0 aromatic heterocycles. The molecule has 1 fully saturated rings. The minimum atomic E-state index is 0.0107. The van der Waals surface area contributed by atoms with E-state index in [0.717, 1.165) is 19.5 Å². The van der Waals surface area contributed by atoms with Gasteiger partial charge >= 0.3 is 0 Å². The van der Waals surface area contributed by atoms with Crippen molar-refractivity contribution >= 4 is 5.91 Å². The van der Waals surface area contributed by atoms with Gasteiger partial charge in [0.05, 0.1) is 12.2 Å². The van der Waals surface area contributed by atoms with Gasteiger partial charge in [-0.05, 0) is 47.0 Å². The van der Waals surface area contributed by atoms with Crippen LogP contribution in [0, 0.1) is 5.92 Å². The Kier molecular flexibility index (Phi) is 6.46. The second-order valence-electron chi connectivity index (χ2n) is 6.98. The lowest BCUT2D eigenvalue weighted by molar-refractivity contribution is -0.130. The molecular weight excluding hydrogens is 250 g/mol. The zero-order chi connectivity index (χ0) is 15.4. The fourth-order valence-electron chi connectivity index (χ4n) is 3.12. The van der Waals surface area contributed by atoms with Crippen LogP contribution in [0.25, 0.3) is 0 Å². The van der Waals surface area contributed by atoms with Gasteiger partial charge in [-0.15, -0.1) is 0 Å². The highest BCUT2D eigenvalue weighted by molar-refractivity contribution is 5.84. The van der Waals surface area contributed by atoms with Gasteiger partial charge < -0.3 is 4.90 Å². The zero-order valence-corrected chi connectivity index (χ0v) is 14.3. The first-order valence-electron chi connectivity index (χ1n) is 8.06. The number of nitrogens with zero attached hydrogens (tertiary/aromatic N) is 2. The molecule has 2 atom stereocenters. The third kappa shape index (κ3) is 4.45. The molecule has 1 N–H and O–H groups in total. The van der Waals surface area contributed by atoms with Gasteiger partial charge in [-0.25, -0.2) is 0 Å². The predicted octanol–water partition coefficient (Wildman–Crippen LogP) is 2.30. The monoisotopic (exact) mass is 283 g/mol. The Hall–Kier alpha value is -0.610. The first kappa shape index (κ1) is 17.4. The van der Waals surface area contributed by atoms with Gasteiger partial charge in [-0.1, -0.05) is 13.8 Å². The Labute approximate surface area is 124 Å². The van der Waals surface area contributed by atoms with Gasteiger partial charge in [0.2, 0.25) is 5.91 Å². The normalized spacial score (nSPS) is 23.9. The van der Waals surface area contributed by atoms with Crippen LogP contribution in [-0.4, -0.2) is 53.1 Å². The molecule has 1 heterocycles. The lowest BCUT2D eigenvalue weighted by Gasteiger charge is -2.33. The smallest absolute Gasteiger partial charge is 0.241 e.